The Morgan fingerprint density at radius 3 is 3.00 bits per heavy atom. The van der Waals surface area contributed by atoms with E-state index in [4.69, 9.17) is 4.74 Å². The van der Waals surface area contributed by atoms with Crippen LogP contribution in [0.2, 0.25) is 0 Å². The Kier molecular flexibility index (Phi) is 4.69. The zero-order valence-corrected chi connectivity index (χ0v) is 14.1. The van der Waals surface area contributed by atoms with E-state index in [2.05, 4.69) is 40.0 Å². The van der Waals surface area contributed by atoms with Crippen molar-refractivity contribution < 1.29 is 4.74 Å². The molecule has 1 aromatic heterocycles. The lowest BCUT2D eigenvalue weighted by molar-refractivity contribution is 0.207. The van der Waals surface area contributed by atoms with Gasteiger partial charge in [0.25, 0.3) is 0 Å². The molecule has 2 aromatic rings. The lowest BCUT2D eigenvalue weighted by Gasteiger charge is -2.25. The fraction of sp³-hybridized carbons (Fsp3) is 0.526. The first kappa shape index (κ1) is 15.5. The average Bonchev–Trinajstić information content (AvgIpc) is 3.27. The third-order valence-corrected chi connectivity index (χ3v) is 5.04. The van der Waals surface area contributed by atoms with Crippen molar-refractivity contribution in [3.63, 3.8) is 0 Å². The number of fused-ring (bicyclic) bond motifs is 1. The van der Waals surface area contributed by atoms with Gasteiger partial charge in [-0.2, -0.15) is 5.10 Å². The molecule has 0 saturated heterocycles. The summed E-state index contributed by atoms with van der Waals surface area (Å²) >= 11 is 0. The van der Waals surface area contributed by atoms with Crippen molar-refractivity contribution in [2.75, 3.05) is 18.4 Å². The van der Waals surface area contributed by atoms with Crippen LogP contribution in [-0.2, 0) is 13.1 Å². The van der Waals surface area contributed by atoms with Crippen LogP contribution in [0.5, 0.6) is 5.75 Å². The van der Waals surface area contributed by atoms with Crippen LogP contribution >= 0.6 is 0 Å². The molecule has 2 heterocycles. The van der Waals surface area contributed by atoms with E-state index in [0.29, 0.717) is 12.0 Å². The molecule has 2 aliphatic rings. The van der Waals surface area contributed by atoms with E-state index in [0.717, 1.165) is 37.7 Å². The van der Waals surface area contributed by atoms with E-state index in [1.54, 1.807) is 0 Å². The van der Waals surface area contributed by atoms with E-state index in [-0.39, 0.29) is 0 Å². The number of hydrogen-bond acceptors (Lipinski definition) is 4. The maximum atomic E-state index is 6.22. The van der Waals surface area contributed by atoms with Crippen LogP contribution in [0.1, 0.15) is 31.2 Å². The molecule has 5 heteroatoms. The predicted octanol–water partition coefficient (Wildman–Crippen LogP) is 3.04. The molecular weight excluding hydrogens is 300 g/mol. The standard InChI is InChI=1S/C19H26N4O/c1-4-8-18(24-17-6-2-3-7-17)16(5-1)13-20-11-15-12-21-19-9-10-22-23(19)14-15/h1,4-5,8-10,15,17,20-21H,2-3,6-7,11-14H2/t15-/m0/s1. The highest BCUT2D eigenvalue weighted by atomic mass is 16.5. The minimum Gasteiger partial charge on any atom is -0.490 e. The fourth-order valence-electron chi connectivity index (χ4n) is 3.68. The van der Waals surface area contributed by atoms with Crippen LogP contribution in [0.15, 0.2) is 36.5 Å². The number of anilines is 1. The van der Waals surface area contributed by atoms with Crippen molar-refractivity contribution >= 4 is 5.82 Å². The summed E-state index contributed by atoms with van der Waals surface area (Å²) in [5.41, 5.74) is 1.26. The summed E-state index contributed by atoms with van der Waals surface area (Å²) in [5, 5.41) is 11.4. The van der Waals surface area contributed by atoms with Crippen LogP contribution in [0.4, 0.5) is 5.82 Å². The van der Waals surface area contributed by atoms with Gasteiger partial charge < -0.3 is 15.4 Å². The highest BCUT2D eigenvalue weighted by molar-refractivity contribution is 5.35. The first-order valence-corrected chi connectivity index (χ1v) is 9.09. The molecule has 2 N–H and O–H groups in total. The molecule has 4 rings (SSSR count). The molecule has 1 saturated carbocycles. The van der Waals surface area contributed by atoms with Gasteiger partial charge in [0.05, 0.1) is 12.3 Å². The van der Waals surface area contributed by atoms with Gasteiger partial charge in [0.1, 0.15) is 11.6 Å². The summed E-state index contributed by atoms with van der Waals surface area (Å²) in [6.07, 6.45) is 7.26. The lowest BCUT2D eigenvalue weighted by Crippen LogP contribution is -2.35. The second kappa shape index (κ2) is 7.26. The summed E-state index contributed by atoms with van der Waals surface area (Å²) in [7, 11) is 0. The predicted molar refractivity (Wildman–Crippen MR) is 95.2 cm³/mol. The van der Waals surface area contributed by atoms with Crippen molar-refractivity contribution in [3.05, 3.63) is 42.1 Å². The maximum absolute atomic E-state index is 6.22. The van der Waals surface area contributed by atoms with Crippen molar-refractivity contribution in [1.29, 1.82) is 0 Å². The second-order valence-corrected chi connectivity index (χ2v) is 6.91. The topological polar surface area (TPSA) is 51.1 Å². The van der Waals surface area contributed by atoms with Crippen LogP contribution < -0.4 is 15.4 Å². The van der Waals surface area contributed by atoms with E-state index in [1.807, 2.05) is 16.9 Å². The summed E-state index contributed by atoms with van der Waals surface area (Å²) < 4.78 is 8.27. The Balaban J connectivity index is 1.30. The minimum absolute atomic E-state index is 0.409. The lowest BCUT2D eigenvalue weighted by atomic mass is 10.1. The fourth-order valence-corrected chi connectivity index (χ4v) is 3.68. The third kappa shape index (κ3) is 3.56. The Hall–Kier alpha value is -2.01. The smallest absolute Gasteiger partial charge is 0.124 e. The molecule has 5 nitrogen and oxygen atoms in total. The number of para-hydroxylation sites is 1. The summed E-state index contributed by atoms with van der Waals surface area (Å²) in [6, 6.07) is 10.5. The zero-order valence-electron chi connectivity index (χ0n) is 14.1. The maximum Gasteiger partial charge on any atom is 0.124 e. The van der Waals surface area contributed by atoms with Gasteiger partial charge >= 0.3 is 0 Å². The third-order valence-electron chi connectivity index (χ3n) is 5.04. The molecule has 0 unspecified atom stereocenters. The second-order valence-electron chi connectivity index (χ2n) is 6.91. The van der Waals surface area contributed by atoms with Crippen molar-refractivity contribution in [2.24, 2.45) is 5.92 Å². The van der Waals surface area contributed by atoms with Crippen molar-refractivity contribution in [2.45, 2.75) is 44.9 Å². The van der Waals surface area contributed by atoms with E-state index < -0.39 is 0 Å². The number of rotatable bonds is 6. The van der Waals surface area contributed by atoms with Crippen molar-refractivity contribution in [1.82, 2.24) is 15.1 Å². The summed E-state index contributed by atoms with van der Waals surface area (Å²) in [4.78, 5) is 0. The molecule has 1 aliphatic carbocycles. The molecule has 0 spiro atoms. The van der Waals surface area contributed by atoms with Crippen LogP contribution in [0.3, 0.4) is 0 Å². The van der Waals surface area contributed by atoms with Crippen LogP contribution in [0.25, 0.3) is 0 Å². The monoisotopic (exact) mass is 326 g/mol. The van der Waals surface area contributed by atoms with Gasteiger partial charge in [-0.1, -0.05) is 18.2 Å². The molecule has 24 heavy (non-hydrogen) atoms. The Morgan fingerprint density at radius 1 is 1.21 bits per heavy atom. The van der Waals surface area contributed by atoms with Crippen molar-refractivity contribution in [3.8, 4) is 5.75 Å². The average molecular weight is 326 g/mol. The number of nitrogens with zero attached hydrogens (tertiary/aromatic N) is 2. The largest absolute Gasteiger partial charge is 0.490 e. The Labute approximate surface area is 143 Å². The molecule has 0 amide bonds. The highest BCUT2D eigenvalue weighted by Gasteiger charge is 2.19. The van der Waals surface area contributed by atoms with Gasteiger partial charge in [-0.15, -0.1) is 0 Å². The molecular formula is C19H26N4O. The first-order valence-electron chi connectivity index (χ1n) is 9.09. The number of nitrogens with one attached hydrogen (secondary N) is 2. The molecule has 1 fully saturated rings. The molecule has 1 aromatic carbocycles. The number of ether oxygens (including phenoxy) is 1. The molecule has 1 aliphatic heterocycles. The van der Waals surface area contributed by atoms with E-state index in [9.17, 15) is 0 Å². The Morgan fingerprint density at radius 2 is 2.08 bits per heavy atom. The molecule has 128 valence electrons. The molecule has 0 bridgehead atoms. The van der Waals surface area contributed by atoms with Gasteiger partial charge in [-0.05, 0) is 31.7 Å². The number of aromatic nitrogens is 2. The van der Waals surface area contributed by atoms with Crippen LogP contribution in [0, 0.1) is 5.92 Å². The molecule has 0 radical (unpaired) electrons. The summed E-state index contributed by atoms with van der Waals surface area (Å²) in [6.45, 7) is 3.80. The normalized spacial score (nSPS) is 20.6. The quantitative estimate of drug-likeness (QED) is 0.857. The first-order chi connectivity index (χ1) is 11.9. The van der Waals surface area contributed by atoms with Gasteiger partial charge in [0.2, 0.25) is 0 Å². The highest BCUT2D eigenvalue weighted by Crippen LogP contribution is 2.26. The van der Waals surface area contributed by atoms with Gasteiger partial charge in [-0.3, -0.25) is 0 Å². The Bertz CT molecular complexity index is 663. The number of hydrogen-bond donors (Lipinski definition) is 2. The summed E-state index contributed by atoms with van der Waals surface area (Å²) in [5.74, 6) is 2.73. The SMILES string of the molecule is c1ccc(OC2CCCC2)c(CNC[C@H]2CNc3ccnn3C2)c1. The van der Waals surface area contributed by atoms with Gasteiger partial charge in [-0.25, -0.2) is 4.68 Å². The zero-order chi connectivity index (χ0) is 16.2. The van der Waals surface area contributed by atoms with Gasteiger partial charge in [0, 0.05) is 43.7 Å². The van der Waals surface area contributed by atoms with E-state index >= 15 is 0 Å². The minimum atomic E-state index is 0.409. The molecule has 1 atom stereocenters. The van der Waals surface area contributed by atoms with Crippen LogP contribution in [-0.4, -0.2) is 29.0 Å². The number of benzene rings is 1. The van der Waals surface area contributed by atoms with E-state index in [1.165, 1.54) is 31.2 Å². The van der Waals surface area contributed by atoms with Gasteiger partial charge in [0.15, 0.2) is 0 Å².